The minimum Gasteiger partial charge on any atom is -0.303 e. The van der Waals surface area contributed by atoms with E-state index in [2.05, 4.69) is 25.1 Å². The van der Waals surface area contributed by atoms with Gasteiger partial charge in [-0.25, -0.2) is 0 Å². The highest BCUT2D eigenvalue weighted by Gasteiger charge is 2.27. The zero-order valence-corrected chi connectivity index (χ0v) is 8.14. The van der Waals surface area contributed by atoms with Crippen LogP contribution in [0, 0.1) is 24.2 Å². The lowest BCUT2D eigenvalue weighted by Crippen LogP contribution is -2.31. The van der Waals surface area contributed by atoms with Gasteiger partial charge in [0.1, 0.15) is 0 Å². The van der Waals surface area contributed by atoms with Gasteiger partial charge in [-0.05, 0) is 37.6 Å². The Kier molecular flexibility index (Phi) is 3.62. The monoisotopic (exact) mass is 165 g/mol. The summed E-state index contributed by atoms with van der Waals surface area (Å²) in [6.07, 6.45) is 9.24. The molecule has 0 aromatic carbocycles. The van der Waals surface area contributed by atoms with E-state index >= 15 is 0 Å². The fourth-order valence-corrected chi connectivity index (χ4v) is 1.48. The molecule has 0 spiro atoms. The van der Waals surface area contributed by atoms with Gasteiger partial charge < -0.3 is 5.32 Å². The Bertz CT molecular complexity index is 164. The van der Waals surface area contributed by atoms with Crippen LogP contribution in [0.15, 0.2) is 0 Å². The van der Waals surface area contributed by atoms with Gasteiger partial charge in [-0.3, -0.25) is 0 Å². The molecule has 0 aliphatic heterocycles. The maximum Gasteiger partial charge on any atom is 0.0684 e. The van der Waals surface area contributed by atoms with Gasteiger partial charge in [-0.2, -0.15) is 0 Å². The molecule has 0 heterocycles. The van der Waals surface area contributed by atoms with Gasteiger partial charge in [0.15, 0.2) is 0 Å². The van der Waals surface area contributed by atoms with Gasteiger partial charge in [0, 0.05) is 0 Å². The van der Waals surface area contributed by atoms with E-state index in [9.17, 15) is 0 Å². The fourth-order valence-electron chi connectivity index (χ4n) is 1.48. The van der Waals surface area contributed by atoms with Crippen molar-refractivity contribution in [1.82, 2.24) is 5.32 Å². The Balaban J connectivity index is 2.10. The van der Waals surface area contributed by atoms with Crippen molar-refractivity contribution in [2.24, 2.45) is 11.8 Å². The van der Waals surface area contributed by atoms with Gasteiger partial charge in [0.2, 0.25) is 0 Å². The summed E-state index contributed by atoms with van der Waals surface area (Å²) in [7, 11) is 0. The maximum absolute atomic E-state index is 5.35. The summed E-state index contributed by atoms with van der Waals surface area (Å²) in [5.74, 6) is 4.55. The van der Waals surface area contributed by atoms with Gasteiger partial charge >= 0.3 is 0 Å². The normalized spacial score (nSPS) is 21.4. The molecule has 0 radical (unpaired) electrons. The van der Waals surface area contributed by atoms with Crippen LogP contribution in [0.5, 0.6) is 0 Å². The largest absolute Gasteiger partial charge is 0.303 e. The third kappa shape index (κ3) is 2.87. The highest BCUT2D eigenvalue weighted by atomic mass is 14.9. The summed E-state index contributed by atoms with van der Waals surface area (Å²) in [5.41, 5.74) is 0. The van der Waals surface area contributed by atoms with E-state index in [0.29, 0.717) is 0 Å². The number of rotatable bonds is 5. The van der Waals surface area contributed by atoms with Crippen molar-refractivity contribution < 1.29 is 0 Å². The molecule has 0 bridgehead atoms. The third-order valence-electron chi connectivity index (χ3n) is 2.72. The summed E-state index contributed by atoms with van der Waals surface area (Å²) >= 11 is 0. The maximum atomic E-state index is 5.35. The zero-order chi connectivity index (χ0) is 8.97. The molecule has 2 unspecified atom stereocenters. The molecule has 0 aromatic rings. The predicted octanol–water partition coefficient (Wildman–Crippen LogP) is 2.03. The van der Waals surface area contributed by atoms with Crippen LogP contribution in [0.25, 0.3) is 0 Å². The Morgan fingerprint density at radius 3 is 2.67 bits per heavy atom. The minimum atomic E-state index is 0.284. The number of hydrogen-bond donors (Lipinski definition) is 1. The van der Waals surface area contributed by atoms with Crippen molar-refractivity contribution in [2.45, 2.75) is 39.2 Å². The molecule has 1 nitrogen and oxygen atoms in total. The molecule has 0 amide bonds. The summed E-state index contributed by atoms with van der Waals surface area (Å²) in [5, 5.41) is 3.40. The molecule has 2 atom stereocenters. The second-order valence-electron chi connectivity index (χ2n) is 3.85. The standard InChI is InChI=1S/C11H19N/c1-4-11(5-2)12-8-9(3)10-6-7-10/h1,9-12H,5-8H2,2-3H3. The first-order chi connectivity index (χ1) is 5.77. The van der Waals surface area contributed by atoms with E-state index in [0.717, 1.165) is 24.8 Å². The van der Waals surface area contributed by atoms with Crippen LogP contribution in [0.1, 0.15) is 33.1 Å². The van der Waals surface area contributed by atoms with Crippen molar-refractivity contribution in [3.8, 4) is 12.3 Å². The van der Waals surface area contributed by atoms with Gasteiger partial charge in [-0.1, -0.05) is 19.8 Å². The molecular formula is C11H19N. The molecule has 12 heavy (non-hydrogen) atoms. The van der Waals surface area contributed by atoms with Crippen molar-refractivity contribution in [2.75, 3.05) is 6.54 Å². The zero-order valence-electron chi connectivity index (χ0n) is 8.14. The van der Waals surface area contributed by atoms with Crippen LogP contribution in [-0.2, 0) is 0 Å². The van der Waals surface area contributed by atoms with Crippen molar-refractivity contribution in [3.05, 3.63) is 0 Å². The van der Waals surface area contributed by atoms with E-state index < -0.39 is 0 Å². The van der Waals surface area contributed by atoms with E-state index in [1.165, 1.54) is 12.8 Å². The molecule has 0 saturated heterocycles. The van der Waals surface area contributed by atoms with Gasteiger partial charge in [-0.15, -0.1) is 6.42 Å². The van der Waals surface area contributed by atoms with Crippen molar-refractivity contribution in [1.29, 1.82) is 0 Å². The molecule has 1 N–H and O–H groups in total. The van der Waals surface area contributed by atoms with E-state index in [1.807, 2.05) is 0 Å². The Morgan fingerprint density at radius 1 is 1.58 bits per heavy atom. The van der Waals surface area contributed by atoms with Crippen LogP contribution in [-0.4, -0.2) is 12.6 Å². The first kappa shape index (κ1) is 9.61. The van der Waals surface area contributed by atoms with E-state index in [1.54, 1.807) is 0 Å². The Labute approximate surface area is 75.9 Å². The molecule has 1 heteroatoms. The lowest BCUT2D eigenvalue weighted by Gasteiger charge is -2.14. The molecular weight excluding hydrogens is 146 g/mol. The van der Waals surface area contributed by atoms with Gasteiger partial charge in [0.05, 0.1) is 6.04 Å². The topological polar surface area (TPSA) is 12.0 Å². The minimum absolute atomic E-state index is 0.284. The molecule has 1 saturated carbocycles. The molecule has 1 rings (SSSR count). The molecule has 1 aliphatic rings. The molecule has 68 valence electrons. The average Bonchev–Trinajstić information content (AvgIpc) is 2.88. The van der Waals surface area contributed by atoms with Crippen LogP contribution in [0.4, 0.5) is 0 Å². The fraction of sp³-hybridized carbons (Fsp3) is 0.818. The smallest absolute Gasteiger partial charge is 0.0684 e. The first-order valence-electron chi connectivity index (χ1n) is 4.97. The Hall–Kier alpha value is -0.480. The average molecular weight is 165 g/mol. The predicted molar refractivity (Wildman–Crippen MR) is 52.8 cm³/mol. The van der Waals surface area contributed by atoms with E-state index in [4.69, 9.17) is 6.42 Å². The second-order valence-corrected chi connectivity index (χ2v) is 3.85. The van der Waals surface area contributed by atoms with Crippen molar-refractivity contribution >= 4 is 0 Å². The highest BCUT2D eigenvalue weighted by molar-refractivity contribution is 4.98. The first-order valence-corrected chi connectivity index (χ1v) is 4.97. The molecule has 0 aromatic heterocycles. The summed E-state index contributed by atoms with van der Waals surface area (Å²) in [6.45, 7) is 5.53. The quantitative estimate of drug-likeness (QED) is 0.615. The van der Waals surface area contributed by atoms with Crippen LogP contribution >= 0.6 is 0 Å². The summed E-state index contributed by atoms with van der Waals surface area (Å²) < 4.78 is 0. The van der Waals surface area contributed by atoms with Crippen molar-refractivity contribution in [3.63, 3.8) is 0 Å². The SMILES string of the molecule is C#CC(CC)NCC(C)C1CC1. The van der Waals surface area contributed by atoms with Gasteiger partial charge in [0.25, 0.3) is 0 Å². The highest BCUT2D eigenvalue weighted by Crippen LogP contribution is 2.36. The summed E-state index contributed by atoms with van der Waals surface area (Å²) in [4.78, 5) is 0. The lowest BCUT2D eigenvalue weighted by atomic mass is 10.1. The Morgan fingerprint density at radius 2 is 2.25 bits per heavy atom. The van der Waals surface area contributed by atoms with E-state index in [-0.39, 0.29) is 6.04 Å². The molecule has 1 fully saturated rings. The number of hydrogen-bond acceptors (Lipinski definition) is 1. The molecule has 1 aliphatic carbocycles. The summed E-state index contributed by atoms with van der Waals surface area (Å²) in [6, 6.07) is 0.284. The van der Waals surface area contributed by atoms with Crippen LogP contribution in [0.2, 0.25) is 0 Å². The number of terminal acetylenes is 1. The number of nitrogens with one attached hydrogen (secondary N) is 1. The lowest BCUT2D eigenvalue weighted by molar-refractivity contribution is 0.441. The second kappa shape index (κ2) is 4.52. The third-order valence-corrected chi connectivity index (χ3v) is 2.72. The van der Waals surface area contributed by atoms with Crippen LogP contribution in [0.3, 0.4) is 0 Å². The van der Waals surface area contributed by atoms with Crippen LogP contribution < -0.4 is 5.32 Å².